The number of methoxy groups -OCH3 is 1. The molecule has 0 radical (unpaired) electrons. The van der Waals surface area contributed by atoms with Gasteiger partial charge in [0.2, 0.25) is 5.91 Å². The Hall–Kier alpha value is -2.36. The van der Waals surface area contributed by atoms with Crippen LogP contribution >= 0.6 is 0 Å². The number of carbonyl (C=O) groups excluding carboxylic acids is 2. The summed E-state index contributed by atoms with van der Waals surface area (Å²) in [5.74, 6) is -0.273. The maximum Gasteiger partial charge on any atom is 0.433 e. The Balaban J connectivity index is 1.87. The number of urea groups is 1. The molecule has 0 saturated carbocycles. The Labute approximate surface area is 136 Å². The maximum atomic E-state index is 12.6. The average Bonchev–Trinajstić information content (AvgIpc) is 2.43. The Morgan fingerprint density at radius 1 is 1.42 bits per heavy atom. The van der Waals surface area contributed by atoms with Gasteiger partial charge in [-0.2, -0.15) is 13.2 Å². The largest absolute Gasteiger partial charge is 0.433 e. The summed E-state index contributed by atoms with van der Waals surface area (Å²) in [7, 11) is 1.40. The van der Waals surface area contributed by atoms with Gasteiger partial charge in [-0.3, -0.25) is 4.79 Å². The fourth-order valence-corrected chi connectivity index (χ4v) is 2.17. The molecule has 0 unspecified atom stereocenters. The lowest BCUT2D eigenvalue weighted by atomic mass is 10.1. The van der Waals surface area contributed by atoms with Gasteiger partial charge in [-0.25, -0.2) is 9.78 Å². The van der Waals surface area contributed by atoms with Crippen LogP contribution in [0.5, 0.6) is 0 Å². The SMILES string of the molecule is COCC(=O)NC1CN(C(=O)Nc2cnc(C(F)(F)F)cc2C)C1. The minimum atomic E-state index is -4.53. The van der Waals surface area contributed by atoms with Crippen molar-refractivity contribution in [3.63, 3.8) is 0 Å². The van der Waals surface area contributed by atoms with Crippen molar-refractivity contribution in [1.29, 1.82) is 0 Å². The number of nitrogens with one attached hydrogen (secondary N) is 2. The number of likely N-dealkylation sites (tertiary alicyclic amines) is 1. The quantitative estimate of drug-likeness (QED) is 0.863. The van der Waals surface area contributed by atoms with E-state index in [1.165, 1.54) is 18.9 Å². The van der Waals surface area contributed by atoms with E-state index in [1.807, 2.05) is 0 Å². The molecule has 1 aliphatic rings. The van der Waals surface area contributed by atoms with Crippen molar-refractivity contribution < 1.29 is 27.5 Å². The first-order valence-electron chi connectivity index (χ1n) is 7.08. The van der Waals surface area contributed by atoms with Crippen LogP contribution in [0.15, 0.2) is 12.3 Å². The summed E-state index contributed by atoms with van der Waals surface area (Å²) in [5, 5.41) is 5.19. The van der Waals surface area contributed by atoms with E-state index in [4.69, 9.17) is 0 Å². The first kappa shape index (κ1) is 18.0. The van der Waals surface area contributed by atoms with Crippen LogP contribution in [0, 0.1) is 6.92 Å². The molecule has 2 N–H and O–H groups in total. The Morgan fingerprint density at radius 2 is 2.08 bits per heavy atom. The summed E-state index contributed by atoms with van der Waals surface area (Å²) < 4.78 is 42.3. The summed E-state index contributed by atoms with van der Waals surface area (Å²) in [6.07, 6.45) is -3.55. The molecule has 1 fully saturated rings. The van der Waals surface area contributed by atoms with Crippen LogP contribution in [0.2, 0.25) is 0 Å². The van der Waals surface area contributed by atoms with Crippen LogP contribution in [-0.4, -0.2) is 54.7 Å². The molecular formula is C14H17F3N4O3. The fraction of sp³-hybridized carbons (Fsp3) is 0.500. The number of amides is 3. The van der Waals surface area contributed by atoms with Gasteiger partial charge < -0.3 is 20.3 Å². The number of carbonyl (C=O) groups is 2. The standard InChI is InChI=1S/C14H17F3N4O3/c1-8-3-11(14(15,16)17)18-4-10(8)20-13(23)21-5-9(6-21)19-12(22)7-24-2/h3-4,9H,5-7H2,1-2H3,(H,19,22)(H,20,23). The molecule has 0 bridgehead atoms. The van der Waals surface area contributed by atoms with Crippen LogP contribution in [-0.2, 0) is 15.7 Å². The smallest absolute Gasteiger partial charge is 0.375 e. The fourth-order valence-electron chi connectivity index (χ4n) is 2.17. The molecule has 10 heteroatoms. The van der Waals surface area contributed by atoms with Gasteiger partial charge in [0.15, 0.2) is 0 Å². The van der Waals surface area contributed by atoms with Gasteiger partial charge in [0, 0.05) is 20.2 Å². The third kappa shape index (κ3) is 4.34. The molecule has 0 aliphatic carbocycles. The number of rotatable bonds is 4. The molecule has 3 amide bonds. The number of ether oxygens (including phenoxy) is 1. The predicted octanol–water partition coefficient (Wildman–Crippen LogP) is 1.39. The number of hydrogen-bond acceptors (Lipinski definition) is 4. The van der Waals surface area contributed by atoms with Crippen molar-refractivity contribution in [2.24, 2.45) is 0 Å². The van der Waals surface area contributed by atoms with Gasteiger partial charge in [0.25, 0.3) is 0 Å². The highest BCUT2D eigenvalue weighted by Gasteiger charge is 2.34. The van der Waals surface area contributed by atoms with E-state index in [2.05, 4.69) is 20.4 Å². The molecule has 2 heterocycles. The van der Waals surface area contributed by atoms with E-state index in [1.54, 1.807) is 0 Å². The summed E-state index contributed by atoms with van der Waals surface area (Å²) in [6, 6.07) is 0.251. The highest BCUT2D eigenvalue weighted by Crippen LogP contribution is 2.29. The molecule has 1 saturated heterocycles. The average molecular weight is 346 g/mol. The van der Waals surface area contributed by atoms with Crippen molar-refractivity contribution in [2.75, 3.05) is 32.1 Å². The topological polar surface area (TPSA) is 83.6 Å². The molecule has 0 spiro atoms. The maximum absolute atomic E-state index is 12.6. The molecule has 132 valence electrons. The van der Waals surface area contributed by atoms with Crippen molar-refractivity contribution in [1.82, 2.24) is 15.2 Å². The molecule has 2 rings (SSSR count). The van der Waals surface area contributed by atoms with Crippen LogP contribution in [0.25, 0.3) is 0 Å². The van der Waals surface area contributed by atoms with Crippen molar-refractivity contribution in [3.8, 4) is 0 Å². The monoisotopic (exact) mass is 346 g/mol. The predicted molar refractivity (Wildman–Crippen MR) is 78.4 cm³/mol. The number of halogens is 3. The third-order valence-corrected chi connectivity index (χ3v) is 3.45. The summed E-state index contributed by atoms with van der Waals surface area (Å²) in [6.45, 7) is 2.03. The van der Waals surface area contributed by atoms with E-state index in [9.17, 15) is 22.8 Å². The highest BCUT2D eigenvalue weighted by atomic mass is 19.4. The molecule has 24 heavy (non-hydrogen) atoms. The second-order valence-corrected chi connectivity index (χ2v) is 5.41. The molecular weight excluding hydrogens is 329 g/mol. The number of aryl methyl sites for hydroxylation is 1. The number of hydrogen-bond donors (Lipinski definition) is 2. The first-order chi connectivity index (χ1) is 11.2. The normalized spacial score (nSPS) is 15.0. The van der Waals surface area contributed by atoms with Crippen molar-refractivity contribution in [2.45, 2.75) is 19.1 Å². The van der Waals surface area contributed by atoms with Gasteiger partial charge in [-0.1, -0.05) is 0 Å². The minimum Gasteiger partial charge on any atom is -0.375 e. The number of aromatic nitrogens is 1. The Bertz CT molecular complexity index is 630. The van der Waals surface area contributed by atoms with E-state index in [0.717, 1.165) is 12.3 Å². The highest BCUT2D eigenvalue weighted by molar-refractivity contribution is 5.90. The number of pyridine rings is 1. The molecule has 0 aromatic carbocycles. The van der Waals surface area contributed by atoms with Gasteiger partial charge >= 0.3 is 12.2 Å². The third-order valence-electron chi connectivity index (χ3n) is 3.45. The number of anilines is 1. The zero-order valence-electron chi connectivity index (χ0n) is 13.1. The second-order valence-electron chi connectivity index (χ2n) is 5.41. The molecule has 1 aromatic heterocycles. The lowest BCUT2D eigenvalue weighted by Gasteiger charge is -2.39. The molecule has 0 atom stereocenters. The second kappa shape index (κ2) is 7.04. The van der Waals surface area contributed by atoms with Crippen LogP contribution in [0.1, 0.15) is 11.3 Å². The zero-order valence-corrected chi connectivity index (χ0v) is 13.1. The van der Waals surface area contributed by atoms with E-state index >= 15 is 0 Å². The molecule has 1 aromatic rings. The van der Waals surface area contributed by atoms with Crippen LogP contribution in [0.4, 0.5) is 23.7 Å². The van der Waals surface area contributed by atoms with Gasteiger partial charge in [-0.15, -0.1) is 0 Å². The lowest BCUT2D eigenvalue weighted by Crippen LogP contribution is -2.62. The van der Waals surface area contributed by atoms with E-state index in [0.29, 0.717) is 13.1 Å². The van der Waals surface area contributed by atoms with Crippen LogP contribution in [0.3, 0.4) is 0 Å². The van der Waals surface area contributed by atoms with E-state index < -0.39 is 17.9 Å². The van der Waals surface area contributed by atoms with Crippen molar-refractivity contribution >= 4 is 17.6 Å². The Kier molecular flexibility index (Phi) is 5.27. The molecule has 7 nitrogen and oxygen atoms in total. The van der Waals surface area contributed by atoms with Gasteiger partial charge in [0.05, 0.1) is 17.9 Å². The van der Waals surface area contributed by atoms with Gasteiger partial charge in [-0.05, 0) is 18.6 Å². The summed E-state index contributed by atoms with van der Waals surface area (Å²) >= 11 is 0. The first-order valence-corrected chi connectivity index (χ1v) is 7.08. The lowest BCUT2D eigenvalue weighted by molar-refractivity contribution is -0.141. The Morgan fingerprint density at radius 3 is 2.62 bits per heavy atom. The number of nitrogens with zero attached hydrogens (tertiary/aromatic N) is 2. The zero-order chi connectivity index (χ0) is 17.9. The summed E-state index contributed by atoms with van der Waals surface area (Å²) in [5.41, 5.74) is -0.543. The minimum absolute atomic E-state index is 0.0564. The molecule has 1 aliphatic heterocycles. The van der Waals surface area contributed by atoms with E-state index in [-0.39, 0.29) is 29.8 Å². The van der Waals surface area contributed by atoms with Crippen molar-refractivity contribution in [3.05, 3.63) is 23.5 Å². The summed E-state index contributed by atoms with van der Waals surface area (Å²) in [4.78, 5) is 28.1. The van der Waals surface area contributed by atoms with Gasteiger partial charge in [0.1, 0.15) is 12.3 Å². The van der Waals surface area contributed by atoms with Crippen LogP contribution < -0.4 is 10.6 Å². The number of alkyl halides is 3.